The quantitative estimate of drug-likeness (QED) is 0.0568. The molecular formula is C64H50N2O12S3. The molecule has 13 rings (SSSR count). The van der Waals surface area contributed by atoms with Crippen molar-refractivity contribution in [2.75, 3.05) is 0 Å². The number of fused-ring (bicyclic) bond motifs is 9. The number of rotatable bonds is 14. The Kier molecular flexibility index (Phi) is 13.6. The second-order valence-corrected chi connectivity index (χ2v) is 24.4. The molecule has 0 saturated heterocycles. The molecule has 6 aliphatic rings. The Balaban J connectivity index is 1.06. The summed E-state index contributed by atoms with van der Waals surface area (Å²) in [5.41, 5.74) is -4.25. The van der Waals surface area contributed by atoms with E-state index in [1.165, 1.54) is 17.4 Å². The normalized spacial score (nSPS) is 20.9. The van der Waals surface area contributed by atoms with Gasteiger partial charge in [0.1, 0.15) is 37.1 Å². The van der Waals surface area contributed by atoms with E-state index in [9.17, 15) is 19.2 Å². The van der Waals surface area contributed by atoms with Crippen LogP contribution < -0.4 is 0 Å². The van der Waals surface area contributed by atoms with Crippen LogP contribution in [0.3, 0.4) is 0 Å². The fourth-order valence-corrected chi connectivity index (χ4v) is 16.8. The van der Waals surface area contributed by atoms with Crippen LogP contribution in [0, 0.1) is 23.7 Å². The minimum absolute atomic E-state index is 0.120. The summed E-state index contributed by atoms with van der Waals surface area (Å²) < 4.78 is 26.2. The summed E-state index contributed by atoms with van der Waals surface area (Å²) in [6, 6.07) is 37.0. The van der Waals surface area contributed by atoms with Gasteiger partial charge in [-0.3, -0.25) is 38.4 Å². The monoisotopic (exact) mass is 1130 g/mol. The maximum Gasteiger partial charge on any atom is 0.334 e. The van der Waals surface area contributed by atoms with Crippen LogP contribution in [0.4, 0.5) is 5.00 Å². The number of benzene rings is 4. The van der Waals surface area contributed by atoms with Crippen LogP contribution in [0.15, 0.2) is 143 Å². The molecule has 0 aliphatic heterocycles. The van der Waals surface area contributed by atoms with E-state index >= 15 is 19.2 Å². The van der Waals surface area contributed by atoms with Gasteiger partial charge in [0, 0.05) is 49.9 Å². The highest BCUT2D eigenvalue weighted by Crippen LogP contribution is 2.66. The Hall–Kier alpha value is -8.12. The summed E-state index contributed by atoms with van der Waals surface area (Å²) in [5, 5.41) is 0.286. The fourth-order valence-electron chi connectivity index (χ4n) is 12.7. The SMILES string of the molecule is O=C1C(=NC2=Cc3sc4c(c3C2(C(=O)OCc2ccccc2)C(=O)OCc2ccccc2)C(C(=O)OCc2ccccc2)(C(=O)OCc2ccccc2)c2c-4sc3cc(N=C4C(=O)C5CCCCC5C4=O)sc23)C(=O)C2CCCCC12. The van der Waals surface area contributed by atoms with Crippen LogP contribution in [0.5, 0.6) is 0 Å². The van der Waals surface area contributed by atoms with E-state index in [0.29, 0.717) is 67.1 Å². The molecule has 4 saturated carbocycles. The van der Waals surface area contributed by atoms with E-state index in [-0.39, 0.29) is 76.0 Å². The van der Waals surface area contributed by atoms with Gasteiger partial charge >= 0.3 is 23.9 Å². The fraction of sp³-hybridized carbons (Fsp3) is 0.281. The number of nitrogens with zero attached hydrogens (tertiary/aromatic N) is 2. The van der Waals surface area contributed by atoms with Crippen molar-refractivity contribution < 1.29 is 57.3 Å². The Morgan fingerprint density at radius 1 is 0.444 bits per heavy atom. The minimum Gasteiger partial charge on any atom is -0.459 e. The summed E-state index contributed by atoms with van der Waals surface area (Å²) in [6.07, 6.45) is 6.74. The van der Waals surface area contributed by atoms with Crippen LogP contribution in [0.1, 0.15) is 95.2 Å². The lowest BCUT2D eigenvalue weighted by atomic mass is 9.70. The first-order chi connectivity index (χ1) is 39.5. The molecule has 0 spiro atoms. The predicted octanol–water partition coefficient (Wildman–Crippen LogP) is 11.3. The highest BCUT2D eigenvalue weighted by Gasteiger charge is 2.69. The van der Waals surface area contributed by atoms with Crippen LogP contribution >= 0.6 is 34.0 Å². The minimum atomic E-state index is -2.81. The van der Waals surface area contributed by atoms with Gasteiger partial charge in [-0.25, -0.2) is 9.98 Å². The molecule has 7 aromatic rings. The number of carbonyl (C=O) groups is 8. The summed E-state index contributed by atoms with van der Waals surface area (Å²) in [5.74, 6) is -8.35. The molecule has 3 heterocycles. The predicted molar refractivity (Wildman–Crippen MR) is 304 cm³/mol. The number of aliphatic imine (C=N–C) groups is 2. The number of ether oxygens (including phenoxy) is 4. The third kappa shape index (κ3) is 8.61. The average Bonchev–Trinajstić information content (AvgIpc) is 2.16. The van der Waals surface area contributed by atoms with Gasteiger partial charge in [-0.15, -0.1) is 34.0 Å². The van der Waals surface area contributed by atoms with E-state index < -0.39 is 75.7 Å². The number of hydrogen-bond donors (Lipinski definition) is 0. The van der Waals surface area contributed by atoms with Crippen molar-refractivity contribution in [1.82, 2.24) is 0 Å². The largest absolute Gasteiger partial charge is 0.459 e. The van der Waals surface area contributed by atoms with Crippen molar-refractivity contribution in [3.05, 3.63) is 177 Å². The molecule has 0 amide bonds. The van der Waals surface area contributed by atoms with E-state index in [2.05, 4.69) is 0 Å². The van der Waals surface area contributed by atoms with Crippen molar-refractivity contribution in [2.45, 2.75) is 88.6 Å². The third-order valence-corrected chi connectivity index (χ3v) is 20.2. The van der Waals surface area contributed by atoms with Crippen molar-refractivity contribution in [1.29, 1.82) is 0 Å². The number of esters is 4. The summed E-state index contributed by atoms with van der Waals surface area (Å²) in [4.78, 5) is 132. The Bertz CT molecular complexity index is 3710. The molecule has 0 radical (unpaired) electrons. The molecular weight excluding hydrogens is 1080 g/mol. The molecule has 0 N–H and O–H groups in total. The molecule has 81 heavy (non-hydrogen) atoms. The lowest BCUT2D eigenvalue weighted by Crippen LogP contribution is -2.51. The van der Waals surface area contributed by atoms with Gasteiger partial charge in [0.2, 0.25) is 10.8 Å². The molecule has 4 fully saturated rings. The Morgan fingerprint density at radius 2 is 0.815 bits per heavy atom. The van der Waals surface area contributed by atoms with Crippen molar-refractivity contribution in [3.63, 3.8) is 0 Å². The lowest BCUT2D eigenvalue weighted by Gasteiger charge is -2.32. The van der Waals surface area contributed by atoms with Crippen LogP contribution in [-0.4, -0.2) is 58.4 Å². The second kappa shape index (κ2) is 21.1. The first-order valence-corrected chi connectivity index (χ1v) is 29.6. The molecule has 4 unspecified atom stereocenters. The number of ketones is 4. The number of hydrogen-bond acceptors (Lipinski definition) is 17. The highest BCUT2D eigenvalue weighted by molar-refractivity contribution is 7.33. The van der Waals surface area contributed by atoms with Crippen molar-refractivity contribution >= 4 is 113 Å². The number of thiophene rings is 3. The number of carbonyl (C=O) groups excluding carboxylic acids is 8. The zero-order chi connectivity index (χ0) is 55.6. The first kappa shape index (κ1) is 52.3. The van der Waals surface area contributed by atoms with Crippen molar-refractivity contribution in [3.8, 4) is 9.75 Å². The zero-order valence-electron chi connectivity index (χ0n) is 43.5. The van der Waals surface area contributed by atoms with Crippen molar-refractivity contribution in [2.24, 2.45) is 33.7 Å². The first-order valence-electron chi connectivity index (χ1n) is 27.1. The molecule has 0 bridgehead atoms. The lowest BCUT2D eigenvalue weighted by molar-refractivity contribution is -0.167. The van der Waals surface area contributed by atoms with E-state index in [1.54, 1.807) is 127 Å². The number of Topliss-reactive ketones (excluding diaryl/α,β-unsaturated/α-hetero) is 4. The summed E-state index contributed by atoms with van der Waals surface area (Å²) in [6.45, 7) is -1.35. The van der Waals surface area contributed by atoms with Gasteiger partial charge in [-0.05, 0) is 60.1 Å². The summed E-state index contributed by atoms with van der Waals surface area (Å²) in [7, 11) is 0. The van der Waals surface area contributed by atoms with E-state index in [1.807, 2.05) is 0 Å². The second-order valence-electron chi connectivity index (χ2n) is 21.3. The highest BCUT2D eigenvalue weighted by atomic mass is 32.1. The van der Waals surface area contributed by atoms with Gasteiger partial charge in [-0.1, -0.05) is 147 Å². The van der Waals surface area contributed by atoms with Crippen LogP contribution in [-0.2, 0) is 94.6 Å². The maximum atomic E-state index is 16.2. The smallest absolute Gasteiger partial charge is 0.334 e. The molecule has 6 aliphatic carbocycles. The molecule has 4 atom stereocenters. The van der Waals surface area contributed by atoms with Gasteiger partial charge in [0.15, 0.2) is 28.8 Å². The zero-order valence-corrected chi connectivity index (χ0v) is 46.0. The van der Waals surface area contributed by atoms with Crippen LogP contribution in [0.2, 0.25) is 0 Å². The van der Waals surface area contributed by atoms with Crippen LogP contribution in [0.25, 0.3) is 25.2 Å². The molecule has 3 aromatic heterocycles. The van der Waals surface area contributed by atoms with E-state index in [0.717, 1.165) is 48.4 Å². The topological polar surface area (TPSA) is 198 Å². The molecule has 406 valence electrons. The van der Waals surface area contributed by atoms with Gasteiger partial charge in [0.25, 0.3) is 0 Å². The maximum absolute atomic E-state index is 16.2. The molecule has 14 nitrogen and oxygen atoms in total. The molecule has 17 heteroatoms. The Labute approximate surface area is 476 Å². The molecule has 4 aromatic carbocycles. The third-order valence-electron chi connectivity index (χ3n) is 16.6. The average molecular weight is 1140 g/mol. The summed E-state index contributed by atoms with van der Waals surface area (Å²) >= 11 is 3.38. The van der Waals surface area contributed by atoms with Gasteiger partial charge in [0.05, 0.1) is 20.2 Å². The Morgan fingerprint density at radius 3 is 1.22 bits per heavy atom. The van der Waals surface area contributed by atoms with Gasteiger partial charge in [-0.2, -0.15) is 0 Å². The standard InChI is InChI=1S/C64H50N2O12S3/c67-52-39-25-13-14-26-40(39)53(68)50(52)65-45-29-43-47(63(45,59(71)75-31-35-17-5-1-6-18-35)60(72)76-32-36-19-7-2-8-20-36)48-57(79-43)58-49(56-44(80-58)30-46(81-56)66-51-54(69)41-27-15-16-28-42(41)55(51)70)64(48,61(73)77-33-37-21-9-3-10-22-37)62(74)78-34-38-23-11-4-12-24-38/h1-12,17-24,29-30,39-42H,13-16,25-28,31-34H2. The van der Waals surface area contributed by atoms with Gasteiger partial charge < -0.3 is 18.9 Å². The van der Waals surface area contributed by atoms with E-state index in [4.69, 9.17) is 28.9 Å².